The Hall–Kier alpha value is -1.44. The number of hydrogen-bond acceptors (Lipinski definition) is 5. The Morgan fingerprint density at radius 1 is 1.22 bits per heavy atom. The first-order valence-electron chi connectivity index (χ1n) is 10.3. The first-order chi connectivity index (χ1) is 13.0. The van der Waals surface area contributed by atoms with Crippen LogP contribution in [0.2, 0.25) is 0 Å². The highest BCUT2D eigenvalue weighted by molar-refractivity contribution is 5.76. The summed E-state index contributed by atoms with van der Waals surface area (Å²) < 4.78 is 1.95. The minimum absolute atomic E-state index is 0.182. The molecule has 3 heterocycles. The molecule has 3 rings (SSSR count). The third kappa shape index (κ3) is 4.89. The summed E-state index contributed by atoms with van der Waals surface area (Å²) in [4.78, 5) is 24.2. The molecule has 27 heavy (non-hydrogen) atoms. The van der Waals surface area contributed by atoms with Crippen LogP contribution in [0.3, 0.4) is 0 Å². The van der Waals surface area contributed by atoms with Crippen molar-refractivity contribution in [2.45, 2.75) is 45.7 Å². The van der Waals surface area contributed by atoms with E-state index in [0.717, 1.165) is 69.9 Å². The van der Waals surface area contributed by atoms with Crippen molar-refractivity contribution in [3.63, 3.8) is 0 Å². The van der Waals surface area contributed by atoms with Crippen LogP contribution in [0, 0.1) is 19.8 Å². The van der Waals surface area contributed by atoms with Crippen LogP contribution in [0.1, 0.15) is 30.7 Å². The van der Waals surface area contributed by atoms with E-state index < -0.39 is 0 Å². The molecule has 0 radical (unpaired) electrons. The zero-order chi connectivity index (χ0) is 19.4. The van der Waals surface area contributed by atoms with Gasteiger partial charge in [0, 0.05) is 57.6 Å². The van der Waals surface area contributed by atoms with E-state index in [1.165, 1.54) is 0 Å². The molecule has 1 aromatic rings. The van der Waals surface area contributed by atoms with Crippen LogP contribution >= 0.6 is 0 Å². The third-order valence-electron chi connectivity index (χ3n) is 6.44. The zero-order valence-corrected chi connectivity index (χ0v) is 17.1. The zero-order valence-electron chi connectivity index (χ0n) is 17.1. The third-order valence-corrected chi connectivity index (χ3v) is 6.44. The Kier molecular flexibility index (Phi) is 6.89. The molecule has 1 amide bonds. The van der Waals surface area contributed by atoms with Gasteiger partial charge in [-0.3, -0.25) is 9.69 Å². The lowest BCUT2D eigenvalue weighted by Gasteiger charge is -2.46. The predicted molar refractivity (Wildman–Crippen MR) is 106 cm³/mol. The number of piperazine rings is 1. The fourth-order valence-corrected chi connectivity index (χ4v) is 4.47. The summed E-state index contributed by atoms with van der Waals surface area (Å²) in [5.41, 5.74) is 2.05. The first kappa shape index (κ1) is 20.3. The van der Waals surface area contributed by atoms with E-state index in [9.17, 15) is 9.90 Å². The predicted octanol–water partition coefficient (Wildman–Crippen LogP) is 0.737. The van der Waals surface area contributed by atoms with E-state index in [1.807, 2.05) is 23.3 Å². The normalized spacial score (nSPS) is 25.1. The summed E-state index contributed by atoms with van der Waals surface area (Å²) in [6.07, 6.45) is 4.60. The van der Waals surface area contributed by atoms with Gasteiger partial charge in [0.15, 0.2) is 0 Å². The summed E-state index contributed by atoms with van der Waals surface area (Å²) >= 11 is 0. The number of aliphatic hydroxyl groups is 1. The summed E-state index contributed by atoms with van der Waals surface area (Å²) in [5.74, 6) is 0.630. The summed E-state index contributed by atoms with van der Waals surface area (Å²) in [5, 5.41) is 9.32. The van der Waals surface area contributed by atoms with Gasteiger partial charge < -0.3 is 19.5 Å². The summed E-state index contributed by atoms with van der Waals surface area (Å²) in [6.45, 7) is 10.7. The van der Waals surface area contributed by atoms with Crippen molar-refractivity contribution < 1.29 is 9.90 Å². The van der Waals surface area contributed by atoms with E-state index in [4.69, 9.17) is 0 Å². The van der Waals surface area contributed by atoms with Gasteiger partial charge in [-0.1, -0.05) is 0 Å². The van der Waals surface area contributed by atoms with Crippen molar-refractivity contribution in [2.75, 3.05) is 52.9 Å². The minimum Gasteiger partial charge on any atom is -0.396 e. The monoisotopic (exact) mass is 377 g/mol. The molecule has 152 valence electrons. The van der Waals surface area contributed by atoms with E-state index >= 15 is 0 Å². The van der Waals surface area contributed by atoms with Gasteiger partial charge in [0.2, 0.25) is 5.91 Å². The highest BCUT2D eigenvalue weighted by Gasteiger charge is 2.35. The second-order valence-corrected chi connectivity index (χ2v) is 8.20. The maximum absolute atomic E-state index is 12.9. The fourth-order valence-electron chi connectivity index (χ4n) is 4.47. The number of rotatable bonds is 6. The van der Waals surface area contributed by atoms with Crippen molar-refractivity contribution in [1.82, 2.24) is 24.3 Å². The Morgan fingerprint density at radius 2 is 1.96 bits per heavy atom. The second-order valence-electron chi connectivity index (χ2n) is 8.20. The highest BCUT2D eigenvalue weighted by atomic mass is 16.3. The number of imidazole rings is 1. The molecular weight excluding hydrogens is 342 g/mol. The molecule has 7 heteroatoms. The Labute approximate surface area is 162 Å². The Morgan fingerprint density at radius 3 is 2.59 bits per heavy atom. The quantitative estimate of drug-likeness (QED) is 0.792. The molecule has 0 bridgehead atoms. The maximum Gasteiger partial charge on any atom is 0.242 e. The minimum atomic E-state index is 0.182. The van der Waals surface area contributed by atoms with E-state index in [-0.39, 0.29) is 12.5 Å². The number of carbonyl (C=O) groups is 1. The van der Waals surface area contributed by atoms with Crippen LogP contribution in [0.25, 0.3) is 0 Å². The van der Waals surface area contributed by atoms with Crippen molar-refractivity contribution >= 4 is 5.91 Å². The number of aliphatic hydroxyl groups excluding tert-OH is 1. The lowest BCUT2D eigenvalue weighted by Crippen LogP contribution is -2.57. The van der Waals surface area contributed by atoms with Gasteiger partial charge in [-0.25, -0.2) is 4.98 Å². The number of amides is 1. The number of likely N-dealkylation sites (tertiary alicyclic amines) is 1. The molecule has 0 saturated carbocycles. The molecule has 1 N–H and O–H groups in total. The Balaban J connectivity index is 1.62. The molecule has 7 nitrogen and oxygen atoms in total. The molecule has 2 aliphatic heterocycles. The van der Waals surface area contributed by atoms with Crippen LogP contribution in [0.5, 0.6) is 0 Å². The number of hydrogen-bond donors (Lipinski definition) is 1. The molecule has 2 saturated heterocycles. The van der Waals surface area contributed by atoms with Gasteiger partial charge in [-0.15, -0.1) is 0 Å². The number of carbonyl (C=O) groups excluding carboxylic acids is 1. The molecule has 0 spiro atoms. The van der Waals surface area contributed by atoms with Crippen molar-refractivity contribution in [1.29, 1.82) is 0 Å². The van der Waals surface area contributed by atoms with Crippen molar-refractivity contribution in [3.05, 3.63) is 17.7 Å². The topological polar surface area (TPSA) is 64.8 Å². The summed E-state index contributed by atoms with van der Waals surface area (Å²) in [7, 11) is 2.18. The molecule has 2 atom stereocenters. The van der Waals surface area contributed by atoms with E-state index in [0.29, 0.717) is 18.5 Å². The summed E-state index contributed by atoms with van der Waals surface area (Å²) in [6, 6.07) is 0.534. The van der Waals surface area contributed by atoms with Gasteiger partial charge in [-0.05, 0) is 46.1 Å². The number of aromatic nitrogens is 2. The highest BCUT2D eigenvalue weighted by Crippen LogP contribution is 2.27. The van der Waals surface area contributed by atoms with Gasteiger partial charge in [-0.2, -0.15) is 0 Å². The smallest absolute Gasteiger partial charge is 0.242 e. The van der Waals surface area contributed by atoms with Crippen molar-refractivity contribution in [2.24, 2.45) is 5.92 Å². The van der Waals surface area contributed by atoms with Crippen LogP contribution in [0.4, 0.5) is 0 Å². The maximum atomic E-state index is 12.9. The van der Waals surface area contributed by atoms with E-state index in [1.54, 1.807) is 6.33 Å². The Bertz CT molecular complexity index is 624. The lowest BCUT2D eigenvalue weighted by molar-refractivity contribution is -0.135. The van der Waals surface area contributed by atoms with Crippen LogP contribution in [0.15, 0.2) is 6.33 Å². The SMILES string of the molecule is Cc1ncn(CC(=O)N2CC[C@H](N3CCN(C)CC3)[C@H](CCCO)C2)c1C. The standard InChI is InChI=1S/C20H35N5O2/c1-16-17(2)25(15-21-16)14-20(27)24-7-6-19(18(13-24)5-4-12-26)23-10-8-22(3)9-11-23/h15,18-19,26H,4-14H2,1-3H3/t18-,19+/m1/s1. The average Bonchev–Trinajstić information content (AvgIpc) is 2.99. The average molecular weight is 378 g/mol. The number of likely N-dealkylation sites (N-methyl/N-ethyl adjacent to an activating group) is 1. The molecule has 2 aliphatic rings. The molecule has 2 fully saturated rings. The van der Waals surface area contributed by atoms with Crippen LogP contribution in [-0.2, 0) is 11.3 Å². The van der Waals surface area contributed by atoms with Crippen LogP contribution < -0.4 is 0 Å². The number of piperidine rings is 1. The van der Waals surface area contributed by atoms with E-state index in [2.05, 4.69) is 21.8 Å². The van der Waals surface area contributed by atoms with Gasteiger partial charge in [0.1, 0.15) is 6.54 Å². The van der Waals surface area contributed by atoms with Crippen molar-refractivity contribution in [3.8, 4) is 0 Å². The van der Waals surface area contributed by atoms with Gasteiger partial charge in [0.05, 0.1) is 12.0 Å². The molecular formula is C20H35N5O2. The van der Waals surface area contributed by atoms with Gasteiger partial charge in [0.25, 0.3) is 0 Å². The van der Waals surface area contributed by atoms with Crippen LogP contribution in [-0.4, -0.2) is 94.2 Å². The molecule has 0 unspecified atom stereocenters. The largest absolute Gasteiger partial charge is 0.396 e. The molecule has 0 aromatic carbocycles. The number of nitrogens with zero attached hydrogens (tertiary/aromatic N) is 5. The number of aryl methyl sites for hydroxylation is 1. The first-order valence-corrected chi connectivity index (χ1v) is 10.3. The van der Waals surface area contributed by atoms with Gasteiger partial charge >= 0.3 is 0 Å². The molecule has 1 aromatic heterocycles. The lowest BCUT2D eigenvalue weighted by atomic mass is 9.86. The second kappa shape index (κ2) is 9.17. The fraction of sp³-hybridized carbons (Fsp3) is 0.800. The molecule has 0 aliphatic carbocycles.